The number of hydrogen-bond acceptors (Lipinski definition) is 4. The maximum absolute atomic E-state index is 14.1. The van der Waals surface area contributed by atoms with Crippen LogP contribution in [-0.2, 0) is 17.8 Å². The third-order valence-electron chi connectivity index (χ3n) is 5.99. The molecular formula is C23H19ClF2N6O3. The Morgan fingerprint density at radius 3 is 2.69 bits per heavy atom. The van der Waals surface area contributed by atoms with Crippen LogP contribution in [0.4, 0.5) is 25.1 Å². The summed E-state index contributed by atoms with van der Waals surface area (Å²) in [4.78, 5) is 44.0. The molecule has 3 heterocycles. The third-order valence-corrected chi connectivity index (χ3v) is 6.34. The lowest BCUT2D eigenvalue weighted by atomic mass is 10.0. The average molecular weight is 501 g/mol. The molecule has 0 spiro atoms. The second-order valence-electron chi connectivity index (χ2n) is 8.11. The molecule has 1 unspecified atom stereocenters. The van der Waals surface area contributed by atoms with Crippen LogP contribution in [0.5, 0.6) is 0 Å². The van der Waals surface area contributed by atoms with Gasteiger partial charge in [-0.1, -0.05) is 11.6 Å². The number of nitrogens with zero attached hydrogens (tertiary/aromatic N) is 3. The van der Waals surface area contributed by atoms with Gasteiger partial charge in [-0.25, -0.2) is 18.6 Å². The average Bonchev–Trinajstić information content (AvgIpc) is 3.40. The molecule has 0 saturated carbocycles. The van der Waals surface area contributed by atoms with Crippen LogP contribution in [0.2, 0.25) is 5.02 Å². The quantitative estimate of drug-likeness (QED) is 0.514. The summed E-state index contributed by atoms with van der Waals surface area (Å²) in [5.41, 5.74) is 1.75. The smallest absolute Gasteiger partial charge is 0.327 e. The van der Waals surface area contributed by atoms with Crippen molar-refractivity contribution in [2.75, 3.05) is 23.8 Å². The van der Waals surface area contributed by atoms with E-state index in [-0.39, 0.29) is 34.5 Å². The Balaban J connectivity index is 1.59. The summed E-state index contributed by atoms with van der Waals surface area (Å²) in [5, 5.41) is 8.10. The lowest BCUT2D eigenvalue weighted by Gasteiger charge is -2.28. The summed E-state index contributed by atoms with van der Waals surface area (Å²) < 4.78 is 29.0. The van der Waals surface area contributed by atoms with Gasteiger partial charge in [-0.05, 0) is 48.4 Å². The SMILES string of the molecule is CNC(=O)c1nc(NC(=O)N2CCc3cc(F)ccc32)c2n1CC(=O)NC2c1cc(F)ccc1Cl. The molecule has 9 nitrogen and oxygen atoms in total. The number of rotatable bonds is 3. The van der Waals surface area contributed by atoms with Crippen LogP contribution in [0.25, 0.3) is 0 Å². The van der Waals surface area contributed by atoms with Gasteiger partial charge in [0.25, 0.3) is 5.91 Å². The predicted octanol–water partition coefficient (Wildman–Crippen LogP) is 2.99. The van der Waals surface area contributed by atoms with Gasteiger partial charge in [-0.15, -0.1) is 0 Å². The molecule has 3 aromatic rings. The molecule has 0 fully saturated rings. The summed E-state index contributed by atoms with van der Waals surface area (Å²) in [6.07, 6.45) is 0.475. The van der Waals surface area contributed by atoms with Crippen LogP contribution < -0.4 is 20.9 Å². The highest BCUT2D eigenvalue weighted by Crippen LogP contribution is 2.36. The Morgan fingerprint density at radius 1 is 1.17 bits per heavy atom. The molecule has 1 atom stereocenters. The van der Waals surface area contributed by atoms with Crippen LogP contribution in [0.3, 0.4) is 0 Å². The maximum Gasteiger partial charge on any atom is 0.327 e. The molecule has 5 rings (SSSR count). The summed E-state index contributed by atoms with van der Waals surface area (Å²) in [7, 11) is 1.41. The second kappa shape index (κ2) is 8.66. The van der Waals surface area contributed by atoms with Gasteiger partial charge in [0.15, 0.2) is 5.82 Å². The van der Waals surface area contributed by atoms with E-state index in [0.29, 0.717) is 24.2 Å². The fraction of sp³-hybridized carbons (Fsp3) is 0.217. The van der Waals surface area contributed by atoms with Crippen LogP contribution in [0.15, 0.2) is 36.4 Å². The fourth-order valence-corrected chi connectivity index (χ4v) is 4.65. The Morgan fingerprint density at radius 2 is 1.91 bits per heavy atom. The van der Waals surface area contributed by atoms with E-state index in [9.17, 15) is 23.2 Å². The van der Waals surface area contributed by atoms with Crippen molar-refractivity contribution in [3.05, 3.63) is 75.7 Å². The number of anilines is 2. The van der Waals surface area contributed by atoms with Crippen LogP contribution >= 0.6 is 11.6 Å². The number of fused-ring (bicyclic) bond motifs is 2. The van der Waals surface area contributed by atoms with Gasteiger partial charge in [0.1, 0.15) is 18.2 Å². The number of nitrogens with one attached hydrogen (secondary N) is 3. The fourth-order valence-electron chi connectivity index (χ4n) is 4.42. The standard InChI is InChI=1S/C23H19ClF2N6O3/c1-27-22(34)21-29-20(30-23(35)31-7-6-11-8-12(25)3-5-16(11)31)19-18(28-17(33)10-32(19)21)14-9-13(26)2-4-15(14)24/h2-5,8-9,18H,6-7,10H2,1H3,(H,27,34)(H,28,33)(H,30,35). The van der Waals surface area contributed by atoms with Crippen molar-refractivity contribution in [3.63, 3.8) is 0 Å². The number of carbonyl (C=O) groups is 3. The molecule has 4 amide bonds. The van der Waals surface area contributed by atoms with E-state index in [1.54, 1.807) is 0 Å². The summed E-state index contributed by atoms with van der Waals surface area (Å²) in [6, 6.07) is 6.33. The Bertz CT molecular complexity index is 1390. The molecule has 0 bridgehead atoms. The number of aromatic nitrogens is 2. The lowest BCUT2D eigenvalue weighted by molar-refractivity contribution is -0.123. The number of amides is 4. The van der Waals surface area contributed by atoms with Crippen molar-refractivity contribution in [3.8, 4) is 0 Å². The first-order valence-corrected chi connectivity index (χ1v) is 11.1. The number of halogens is 3. The number of imidazole rings is 1. The number of benzene rings is 2. The van der Waals surface area contributed by atoms with Crippen molar-refractivity contribution < 1.29 is 23.2 Å². The predicted molar refractivity (Wildman–Crippen MR) is 123 cm³/mol. The third kappa shape index (κ3) is 3.97. The zero-order valence-electron chi connectivity index (χ0n) is 18.4. The zero-order valence-corrected chi connectivity index (χ0v) is 19.1. The highest BCUT2D eigenvalue weighted by molar-refractivity contribution is 6.31. The van der Waals surface area contributed by atoms with Crippen LogP contribution in [0, 0.1) is 11.6 Å². The first kappa shape index (κ1) is 22.8. The minimum absolute atomic E-state index is 0.00879. The Kier molecular flexibility index (Phi) is 5.64. The van der Waals surface area contributed by atoms with Gasteiger partial charge in [0, 0.05) is 29.9 Å². The normalized spacial score (nSPS) is 16.4. The molecule has 2 aliphatic rings. The van der Waals surface area contributed by atoms with E-state index in [1.807, 2.05) is 0 Å². The highest BCUT2D eigenvalue weighted by Gasteiger charge is 2.36. The molecule has 0 aliphatic carbocycles. The van der Waals surface area contributed by atoms with E-state index in [0.717, 1.165) is 0 Å². The van der Waals surface area contributed by atoms with Crippen molar-refractivity contribution in [1.82, 2.24) is 20.2 Å². The first-order chi connectivity index (χ1) is 16.8. The largest absolute Gasteiger partial charge is 0.352 e. The monoisotopic (exact) mass is 500 g/mol. The Labute approximate surface area is 203 Å². The zero-order chi connectivity index (χ0) is 24.9. The van der Waals surface area contributed by atoms with Crippen LogP contribution in [-0.4, -0.2) is 41.0 Å². The van der Waals surface area contributed by atoms with Crippen molar-refractivity contribution in [2.45, 2.75) is 19.0 Å². The van der Waals surface area contributed by atoms with E-state index in [4.69, 9.17) is 11.6 Å². The van der Waals surface area contributed by atoms with Crippen molar-refractivity contribution >= 4 is 41.0 Å². The summed E-state index contributed by atoms with van der Waals surface area (Å²) in [6.45, 7) is 0.0784. The molecular weight excluding hydrogens is 482 g/mol. The number of carbonyl (C=O) groups excluding carboxylic acids is 3. The molecule has 35 heavy (non-hydrogen) atoms. The van der Waals surface area contributed by atoms with E-state index in [2.05, 4.69) is 20.9 Å². The molecule has 3 N–H and O–H groups in total. The topological polar surface area (TPSA) is 108 Å². The molecule has 12 heteroatoms. The molecule has 0 radical (unpaired) electrons. The van der Waals surface area contributed by atoms with E-state index in [1.165, 1.54) is 52.9 Å². The van der Waals surface area contributed by atoms with Crippen molar-refractivity contribution in [1.29, 1.82) is 0 Å². The minimum atomic E-state index is -0.986. The maximum atomic E-state index is 14.1. The number of hydrogen-bond donors (Lipinski definition) is 3. The van der Waals surface area contributed by atoms with Gasteiger partial charge in [-0.3, -0.25) is 19.8 Å². The molecule has 1 aromatic heterocycles. The molecule has 0 saturated heterocycles. The van der Waals surface area contributed by atoms with Gasteiger partial charge < -0.3 is 15.2 Å². The van der Waals surface area contributed by atoms with Gasteiger partial charge in [-0.2, -0.15) is 0 Å². The Hall–Kier alpha value is -3.99. The van der Waals surface area contributed by atoms with Gasteiger partial charge in [0.05, 0.1) is 11.7 Å². The van der Waals surface area contributed by atoms with E-state index >= 15 is 0 Å². The molecule has 2 aliphatic heterocycles. The minimum Gasteiger partial charge on any atom is -0.352 e. The van der Waals surface area contributed by atoms with E-state index < -0.39 is 35.5 Å². The summed E-state index contributed by atoms with van der Waals surface area (Å²) >= 11 is 6.32. The van der Waals surface area contributed by atoms with Gasteiger partial charge >= 0.3 is 6.03 Å². The number of urea groups is 1. The molecule has 2 aromatic carbocycles. The van der Waals surface area contributed by atoms with Crippen molar-refractivity contribution in [2.24, 2.45) is 0 Å². The second-order valence-corrected chi connectivity index (χ2v) is 8.51. The lowest BCUT2D eigenvalue weighted by Crippen LogP contribution is -2.41. The summed E-state index contributed by atoms with van der Waals surface area (Å²) in [5.74, 6) is -2.09. The van der Waals surface area contributed by atoms with Crippen LogP contribution in [0.1, 0.15) is 33.5 Å². The first-order valence-electron chi connectivity index (χ1n) is 10.7. The van der Waals surface area contributed by atoms with Gasteiger partial charge in [0.2, 0.25) is 11.7 Å². The molecule has 180 valence electrons. The highest BCUT2D eigenvalue weighted by atomic mass is 35.5.